The Hall–Kier alpha value is -2.98. The Morgan fingerprint density at radius 1 is 0.926 bits per heavy atom. The lowest BCUT2D eigenvalue weighted by Gasteiger charge is -2.20. The molecule has 0 unspecified atom stereocenters. The summed E-state index contributed by atoms with van der Waals surface area (Å²) in [4.78, 5) is 30.4. The van der Waals surface area contributed by atoms with Crippen molar-refractivity contribution in [3.05, 3.63) is 75.2 Å². The van der Waals surface area contributed by atoms with E-state index in [1.54, 1.807) is 18.2 Å². The molecule has 5 rings (SSSR count). The molecule has 0 bridgehead atoms. The van der Waals surface area contributed by atoms with Crippen LogP contribution >= 0.6 is 11.6 Å². The molecule has 27 heavy (non-hydrogen) atoms. The van der Waals surface area contributed by atoms with E-state index in [-0.39, 0.29) is 5.78 Å². The van der Waals surface area contributed by atoms with Gasteiger partial charge >= 0.3 is 5.63 Å². The van der Waals surface area contributed by atoms with E-state index in [1.165, 1.54) is 0 Å². The Balaban J connectivity index is 2.03. The number of hydrogen-bond acceptors (Lipinski definition) is 4. The van der Waals surface area contributed by atoms with Gasteiger partial charge in [-0.2, -0.15) is 0 Å². The van der Waals surface area contributed by atoms with Crippen molar-refractivity contribution in [2.75, 3.05) is 0 Å². The fourth-order valence-corrected chi connectivity index (χ4v) is 3.98. The molecule has 0 saturated carbocycles. The maximum Gasteiger partial charge on any atom is 0.346 e. The van der Waals surface area contributed by atoms with Crippen molar-refractivity contribution in [1.82, 2.24) is 4.98 Å². The molecule has 0 amide bonds. The number of benzene rings is 2. The first kappa shape index (κ1) is 16.2. The van der Waals surface area contributed by atoms with Gasteiger partial charge in [0.25, 0.3) is 0 Å². The number of fused-ring (bicyclic) bond motifs is 4. The summed E-state index contributed by atoms with van der Waals surface area (Å²) in [5.74, 6) is 0.0168. The third-order valence-electron chi connectivity index (χ3n) is 5.05. The average Bonchev–Trinajstić information content (AvgIpc) is 2.68. The molecule has 0 spiro atoms. The highest BCUT2D eigenvalue weighted by atomic mass is 35.5. The third-order valence-corrected chi connectivity index (χ3v) is 5.30. The molecular formula is C22H14ClNO3. The number of carbonyl (C=O) groups is 1. The van der Waals surface area contributed by atoms with Gasteiger partial charge < -0.3 is 4.42 Å². The highest BCUT2D eigenvalue weighted by Crippen LogP contribution is 2.37. The summed E-state index contributed by atoms with van der Waals surface area (Å²) in [6, 6.07) is 14.5. The second-order valence-corrected chi connectivity index (χ2v) is 7.14. The lowest BCUT2D eigenvalue weighted by Crippen LogP contribution is -2.17. The second kappa shape index (κ2) is 6.03. The van der Waals surface area contributed by atoms with E-state index in [1.807, 2.05) is 30.3 Å². The number of ketones is 1. The van der Waals surface area contributed by atoms with Gasteiger partial charge in [-0.25, -0.2) is 4.79 Å². The van der Waals surface area contributed by atoms with Crippen LogP contribution in [0, 0.1) is 0 Å². The van der Waals surface area contributed by atoms with E-state index in [0.29, 0.717) is 45.5 Å². The van der Waals surface area contributed by atoms with Gasteiger partial charge in [-0.05, 0) is 42.7 Å². The lowest BCUT2D eigenvalue weighted by atomic mass is 9.86. The number of aromatic nitrogens is 1. The summed E-state index contributed by atoms with van der Waals surface area (Å²) >= 11 is 6.04. The lowest BCUT2D eigenvalue weighted by molar-refractivity contribution is 0.0972. The van der Waals surface area contributed by atoms with Crippen LogP contribution in [0.2, 0.25) is 5.02 Å². The number of pyridine rings is 1. The van der Waals surface area contributed by atoms with Gasteiger partial charge in [-0.1, -0.05) is 35.9 Å². The summed E-state index contributed by atoms with van der Waals surface area (Å²) < 4.78 is 5.55. The van der Waals surface area contributed by atoms with Gasteiger partial charge in [0, 0.05) is 28.0 Å². The summed E-state index contributed by atoms with van der Waals surface area (Å²) in [7, 11) is 0. The van der Waals surface area contributed by atoms with E-state index in [0.717, 1.165) is 23.1 Å². The predicted molar refractivity (Wildman–Crippen MR) is 105 cm³/mol. The van der Waals surface area contributed by atoms with Crippen molar-refractivity contribution in [1.29, 1.82) is 0 Å². The molecule has 1 aliphatic rings. The smallest absolute Gasteiger partial charge is 0.346 e. The molecule has 0 fully saturated rings. The summed E-state index contributed by atoms with van der Waals surface area (Å²) in [5.41, 5.74) is 3.25. The number of hydrogen-bond donors (Lipinski definition) is 0. The molecule has 2 aromatic heterocycles. The molecule has 0 atom stereocenters. The first-order valence-electron chi connectivity index (χ1n) is 8.81. The predicted octanol–water partition coefficient (Wildman–Crippen LogP) is 5.18. The molecule has 1 aliphatic carbocycles. The zero-order valence-corrected chi connectivity index (χ0v) is 15.0. The van der Waals surface area contributed by atoms with E-state index < -0.39 is 5.63 Å². The number of halogens is 1. The minimum absolute atomic E-state index is 0.0168. The second-order valence-electron chi connectivity index (χ2n) is 6.70. The summed E-state index contributed by atoms with van der Waals surface area (Å²) in [6.07, 6.45) is 1.94. The highest BCUT2D eigenvalue weighted by Gasteiger charge is 2.27. The van der Waals surface area contributed by atoms with Crippen LogP contribution in [-0.2, 0) is 6.42 Å². The van der Waals surface area contributed by atoms with Crippen LogP contribution in [0.5, 0.6) is 0 Å². The van der Waals surface area contributed by atoms with Gasteiger partial charge in [-0.3, -0.25) is 9.78 Å². The highest BCUT2D eigenvalue weighted by molar-refractivity contribution is 6.30. The standard InChI is InChI=1S/C22H14ClNO3/c23-13-10-8-12(9-11-13)18-19-15(5-3-6-16(19)25)24-21-14-4-1-2-7-17(14)27-22(26)20(18)21/h1-2,4,7-11H,3,5-6H2. The number of nitrogens with zero attached hydrogens (tertiary/aromatic N) is 1. The first-order chi connectivity index (χ1) is 13.1. The van der Waals surface area contributed by atoms with Crippen LogP contribution in [0.3, 0.4) is 0 Å². The molecular weight excluding hydrogens is 362 g/mol. The topological polar surface area (TPSA) is 60.2 Å². The van der Waals surface area contributed by atoms with E-state index in [4.69, 9.17) is 21.0 Å². The average molecular weight is 376 g/mol. The van der Waals surface area contributed by atoms with Crippen LogP contribution in [0.25, 0.3) is 33.0 Å². The van der Waals surface area contributed by atoms with E-state index >= 15 is 0 Å². The van der Waals surface area contributed by atoms with Crippen LogP contribution in [0.4, 0.5) is 0 Å². The molecule has 0 N–H and O–H groups in total. The van der Waals surface area contributed by atoms with Crippen molar-refractivity contribution in [3.8, 4) is 11.1 Å². The monoisotopic (exact) mass is 375 g/mol. The van der Waals surface area contributed by atoms with Crippen molar-refractivity contribution in [2.45, 2.75) is 19.3 Å². The molecule has 4 nitrogen and oxygen atoms in total. The zero-order valence-electron chi connectivity index (χ0n) is 14.3. The SMILES string of the molecule is O=C1CCCc2nc3c(c(-c4ccc(Cl)cc4)c21)c(=O)oc1ccccc13. The van der Waals surface area contributed by atoms with Crippen LogP contribution in [-0.4, -0.2) is 10.8 Å². The Labute approximate surface area is 159 Å². The third kappa shape index (κ3) is 2.48. The van der Waals surface area contributed by atoms with E-state index in [9.17, 15) is 9.59 Å². The fraction of sp³-hybridized carbons (Fsp3) is 0.136. The molecule has 2 heterocycles. The molecule has 0 saturated heterocycles. The maximum atomic E-state index is 12.9. The van der Waals surface area contributed by atoms with Gasteiger partial charge in [-0.15, -0.1) is 0 Å². The molecule has 2 aromatic carbocycles. The fourth-order valence-electron chi connectivity index (χ4n) is 3.86. The van der Waals surface area contributed by atoms with Crippen LogP contribution in [0.1, 0.15) is 28.9 Å². The Bertz CT molecular complexity index is 1290. The van der Waals surface area contributed by atoms with Crippen LogP contribution < -0.4 is 5.63 Å². The maximum absolute atomic E-state index is 12.9. The normalized spacial score (nSPS) is 13.9. The number of para-hydroxylation sites is 1. The number of aryl methyl sites for hydroxylation is 1. The van der Waals surface area contributed by atoms with Crippen molar-refractivity contribution in [3.63, 3.8) is 0 Å². The number of rotatable bonds is 1. The Morgan fingerprint density at radius 3 is 2.52 bits per heavy atom. The number of Topliss-reactive ketones (excluding diaryl/α,β-unsaturated/α-hetero) is 1. The Kier molecular flexibility index (Phi) is 3.62. The summed E-state index contributed by atoms with van der Waals surface area (Å²) in [6.45, 7) is 0. The van der Waals surface area contributed by atoms with Gasteiger partial charge in [0.2, 0.25) is 0 Å². The quantitative estimate of drug-likeness (QED) is 0.339. The molecule has 0 radical (unpaired) electrons. The number of carbonyl (C=O) groups excluding carboxylic acids is 1. The largest absolute Gasteiger partial charge is 0.422 e. The van der Waals surface area contributed by atoms with Crippen molar-refractivity contribution < 1.29 is 9.21 Å². The van der Waals surface area contributed by atoms with Gasteiger partial charge in [0.05, 0.1) is 16.6 Å². The minimum atomic E-state index is -0.484. The first-order valence-corrected chi connectivity index (χ1v) is 9.19. The zero-order chi connectivity index (χ0) is 18.5. The van der Waals surface area contributed by atoms with Gasteiger partial charge in [0.1, 0.15) is 5.58 Å². The minimum Gasteiger partial charge on any atom is -0.422 e. The van der Waals surface area contributed by atoms with Crippen molar-refractivity contribution in [2.24, 2.45) is 0 Å². The van der Waals surface area contributed by atoms with E-state index in [2.05, 4.69) is 0 Å². The molecule has 4 aromatic rings. The molecule has 5 heteroatoms. The summed E-state index contributed by atoms with van der Waals surface area (Å²) in [5, 5.41) is 1.71. The van der Waals surface area contributed by atoms with Crippen molar-refractivity contribution >= 4 is 39.3 Å². The Morgan fingerprint density at radius 2 is 1.70 bits per heavy atom. The van der Waals surface area contributed by atoms with Crippen LogP contribution in [0.15, 0.2) is 57.7 Å². The molecule has 0 aliphatic heterocycles. The molecule has 132 valence electrons. The van der Waals surface area contributed by atoms with Gasteiger partial charge in [0.15, 0.2) is 5.78 Å².